The fourth-order valence-electron chi connectivity index (χ4n) is 3.92. The van der Waals surface area contributed by atoms with Gasteiger partial charge in [-0.15, -0.1) is 0 Å². The van der Waals surface area contributed by atoms with Crippen molar-refractivity contribution < 1.29 is 14.6 Å². The monoisotopic (exact) mass is 304 g/mol. The summed E-state index contributed by atoms with van der Waals surface area (Å²) in [6.07, 6.45) is 7.53. The number of fused-ring (bicyclic) bond motifs is 1. The van der Waals surface area contributed by atoms with E-state index >= 15 is 0 Å². The Balaban J connectivity index is 1.65. The molecule has 1 aromatic heterocycles. The standard InChI is InChI=1S/C17H24N2O3/c1-22-17-7-4-14(20)12-15(17)19(11-8-17)16(21)3-2-13-5-9-18-10-6-13/h5-6,9-10,14-15,20H,2-4,7-8,11-12H2,1H3/t14-,15-,17+/m0/s1. The highest BCUT2D eigenvalue weighted by Gasteiger charge is 2.52. The van der Waals surface area contributed by atoms with Crippen molar-refractivity contribution in [2.45, 2.75) is 56.3 Å². The summed E-state index contributed by atoms with van der Waals surface area (Å²) in [4.78, 5) is 18.5. The Labute approximate surface area is 131 Å². The van der Waals surface area contributed by atoms with Crippen LogP contribution in [0.1, 0.15) is 37.7 Å². The van der Waals surface area contributed by atoms with Crippen LogP contribution in [0.4, 0.5) is 0 Å². The largest absolute Gasteiger partial charge is 0.393 e. The van der Waals surface area contributed by atoms with Gasteiger partial charge in [-0.05, 0) is 49.8 Å². The molecule has 1 saturated carbocycles. The number of carbonyl (C=O) groups is 1. The molecule has 3 rings (SSSR count). The topological polar surface area (TPSA) is 62.7 Å². The van der Waals surface area contributed by atoms with Crippen molar-refractivity contribution in [2.24, 2.45) is 0 Å². The molecule has 1 N–H and O–H groups in total. The van der Waals surface area contributed by atoms with Crippen molar-refractivity contribution in [3.05, 3.63) is 30.1 Å². The Kier molecular flexibility index (Phi) is 4.45. The Morgan fingerprint density at radius 3 is 2.95 bits per heavy atom. The number of hydrogen-bond donors (Lipinski definition) is 1. The van der Waals surface area contributed by atoms with E-state index in [2.05, 4.69) is 4.98 Å². The first-order valence-corrected chi connectivity index (χ1v) is 8.06. The van der Waals surface area contributed by atoms with Crippen LogP contribution in [0.15, 0.2) is 24.5 Å². The fourth-order valence-corrected chi connectivity index (χ4v) is 3.92. The summed E-state index contributed by atoms with van der Waals surface area (Å²) in [5.74, 6) is 0.162. The summed E-state index contributed by atoms with van der Waals surface area (Å²) in [5, 5.41) is 9.97. The van der Waals surface area contributed by atoms with Gasteiger partial charge in [0, 0.05) is 32.5 Å². The number of rotatable bonds is 4. The third-order valence-corrected chi connectivity index (χ3v) is 5.26. The molecule has 1 saturated heterocycles. The molecule has 2 fully saturated rings. The maximum Gasteiger partial charge on any atom is 0.223 e. The average Bonchev–Trinajstić information content (AvgIpc) is 2.93. The Hall–Kier alpha value is -1.46. The number of carbonyl (C=O) groups excluding carboxylic acids is 1. The van der Waals surface area contributed by atoms with Crippen LogP contribution in [-0.2, 0) is 16.0 Å². The van der Waals surface area contributed by atoms with Crippen molar-refractivity contribution in [3.8, 4) is 0 Å². The number of ether oxygens (including phenoxy) is 1. The van der Waals surface area contributed by atoms with Gasteiger partial charge in [-0.2, -0.15) is 0 Å². The molecule has 0 unspecified atom stereocenters. The predicted molar refractivity (Wildman–Crippen MR) is 82.3 cm³/mol. The number of likely N-dealkylation sites (tertiary alicyclic amines) is 1. The van der Waals surface area contributed by atoms with Gasteiger partial charge in [-0.3, -0.25) is 9.78 Å². The molecule has 1 amide bonds. The molecule has 2 heterocycles. The number of pyridine rings is 1. The molecule has 0 spiro atoms. The number of aliphatic hydroxyl groups excluding tert-OH is 1. The van der Waals surface area contributed by atoms with Crippen molar-refractivity contribution in [1.29, 1.82) is 0 Å². The van der Waals surface area contributed by atoms with Gasteiger partial charge in [-0.25, -0.2) is 0 Å². The highest BCUT2D eigenvalue weighted by atomic mass is 16.5. The quantitative estimate of drug-likeness (QED) is 0.916. The molecule has 1 aromatic rings. The van der Waals surface area contributed by atoms with E-state index in [4.69, 9.17) is 4.74 Å². The van der Waals surface area contributed by atoms with E-state index in [0.29, 0.717) is 12.8 Å². The maximum atomic E-state index is 12.6. The smallest absolute Gasteiger partial charge is 0.223 e. The minimum atomic E-state index is -0.318. The molecule has 3 atom stereocenters. The van der Waals surface area contributed by atoms with Gasteiger partial charge in [0.15, 0.2) is 0 Å². The minimum absolute atomic E-state index is 0.0196. The van der Waals surface area contributed by atoms with Crippen LogP contribution in [0.2, 0.25) is 0 Å². The SMILES string of the molecule is CO[C@@]12CC[C@H](O)C[C@@H]1N(C(=O)CCc1ccncc1)CC2. The lowest BCUT2D eigenvalue weighted by Crippen LogP contribution is -2.52. The molecular weight excluding hydrogens is 280 g/mol. The summed E-state index contributed by atoms with van der Waals surface area (Å²) in [6.45, 7) is 0.737. The molecule has 1 aliphatic heterocycles. The fraction of sp³-hybridized carbons (Fsp3) is 0.647. The zero-order chi connectivity index (χ0) is 15.6. The third kappa shape index (κ3) is 2.88. The zero-order valence-corrected chi connectivity index (χ0v) is 13.1. The molecule has 120 valence electrons. The summed E-state index contributed by atoms with van der Waals surface area (Å²) >= 11 is 0. The lowest BCUT2D eigenvalue weighted by molar-refractivity contribution is -0.139. The maximum absolute atomic E-state index is 12.6. The Morgan fingerprint density at radius 1 is 1.45 bits per heavy atom. The van der Waals surface area contributed by atoms with Gasteiger partial charge in [0.05, 0.1) is 17.7 Å². The van der Waals surface area contributed by atoms with Crippen molar-refractivity contribution in [2.75, 3.05) is 13.7 Å². The van der Waals surface area contributed by atoms with Gasteiger partial charge in [0.2, 0.25) is 5.91 Å². The van der Waals surface area contributed by atoms with E-state index in [1.807, 2.05) is 17.0 Å². The lowest BCUT2D eigenvalue weighted by Gasteiger charge is -2.42. The molecule has 1 aliphatic carbocycles. The summed E-state index contributed by atoms with van der Waals surface area (Å²) < 4.78 is 5.78. The Morgan fingerprint density at radius 2 is 2.23 bits per heavy atom. The van der Waals surface area contributed by atoms with Crippen LogP contribution in [-0.4, -0.2) is 52.3 Å². The van der Waals surface area contributed by atoms with Crippen LogP contribution < -0.4 is 0 Å². The van der Waals surface area contributed by atoms with E-state index in [9.17, 15) is 9.90 Å². The second-order valence-corrected chi connectivity index (χ2v) is 6.41. The van der Waals surface area contributed by atoms with Gasteiger partial charge in [0.1, 0.15) is 0 Å². The number of aliphatic hydroxyl groups is 1. The normalized spacial score (nSPS) is 31.1. The van der Waals surface area contributed by atoms with Crippen molar-refractivity contribution in [1.82, 2.24) is 9.88 Å². The minimum Gasteiger partial charge on any atom is -0.393 e. The van der Waals surface area contributed by atoms with E-state index in [1.54, 1.807) is 19.5 Å². The molecule has 5 nitrogen and oxygen atoms in total. The molecular formula is C17H24N2O3. The average molecular weight is 304 g/mol. The predicted octanol–water partition coefficient (Wildman–Crippen LogP) is 1.55. The third-order valence-electron chi connectivity index (χ3n) is 5.26. The second-order valence-electron chi connectivity index (χ2n) is 6.41. The highest BCUT2D eigenvalue weighted by Crippen LogP contribution is 2.42. The first-order chi connectivity index (χ1) is 10.6. The first kappa shape index (κ1) is 15.4. The highest BCUT2D eigenvalue weighted by molar-refractivity contribution is 5.77. The summed E-state index contributed by atoms with van der Waals surface area (Å²) in [6, 6.07) is 3.91. The van der Waals surface area contributed by atoms with E-state index in [0.717, 1.165) is 37.8 Å². The van der Waals surface area contributed by atoms with Gasteiger partial charge >= 0.3 is 0 Å². The van der Waals surface area contributed by atoms with Crippen LogP contribution in [0.3, 0.4) is 0 Å². The number of aryl methyl sites for hydroxylation is 1. The lowest BCUT2D eigenvalue weighted by atomic mass is 9.79. The molecule has 0 bridgehead atoms. The molecule has 2 aliphatic rings. The van der Waals surface area contributed by atoms with E-state index in [1.165, 1.54) is 0 Å². The number of hydrogen-bond acceptors (Lipinski definition) is 4. The van der Waals surface area contributed by atoms with Gasteiger partial charge < -0.3 is 14.7 Å². The molecule has 5 heteroatoms. The molecule has 0 radical (unpaired) electrons. The van der Waals surface area contributed by atoms with Gasteiger partial charge in [0.25, 0.3) is 0 Å². The summed E-state index contributed by atoms with van der Waals surface area (Å²) in [5.41, 5.74) is 0.884. The van der Waals surface area contributed by atoms with Crippen molar-refractivity contribution in [3.63, 3.8) is 0 Å². The number of nitrogens with zero attached hydrogens (tertiary/aromatic N) is 2. The summed E-state index contributed by atoms with van der Waals surface area (Å²) in [7, 11) is 1.73. The first-order valence-electron chi connectivity index (χ1n) is 8.06. The number of amides is 1. The van der Waals surface area contributed by atoms with Crippen LogP contribution >= 0.6 is 0 Å². The number of aromatic nitrogens is 1. The van der Waals surface area contributed by atoms with E-state index < -0.39 is 0 Å². The van der Waals surface area contributed by atoms with Crippen molar-refractivity contribution >= 4 is 5.91 Å². The van der Waals surface area contributed by atoms with Crippen LogP contribution in [0.5, 0.6) is 0 Å². The molecule has 22 heavy (non-hydrogen) atoms. The van der Waals surface area contributed by atoms with Gasteiger partial charge in [-0.1, -0.05) is 0 Å². The second kappa shape index (κ2) is 6.34. The van der Waals surface area contributed by atoms with Crippen LogP contribution in [0, 0.1) is 0 Å². The number of methoxy groups -OCH3 is 1. The van der Waals surface area contributed by atoms with E-state index in [-0.39, 0.29) is 23.7 Å². The van der Waals surface area contributed by atoms with Crippen LogP contribution in [0.25, 0.3) is 0 Å². The molecule has 0 aromatic carbocycles. The Bertz CT molecular complexity index is 522. The zero-order valence-electron chi connectivity index (χ0n) is 13.1.